The van der Waals surface area contributed by atoms with E-state index in [2.05, 4.69) is 57.2 Å². The second-order valence-corrected chi connectivity index (χ2v) is 15.1. The molecule has 3 saturated carbocycles. The molecule has 2 aromatic carbocycles. The van der Waals surface area contributed by atoms with Gasteiger partial charge in [-0.2, -0.15) is 0 Å². The van der Waals surface area contributed by atoms with E-state index in [4.69, 9.17) is 4.99 Å². The summed E-state index contributed by atoms with van der Waals surface area (Å²) in [4.78, 5) is 34.8. The van der Waals surface area contributed by atoms with Crippen LogP contribution in [0.2, 0.25) is 0 Å². The van der Waals surface area contributed by atoms with Crippen molar-refractivity contribution in [1.29, 1.82) is 0 Å². The quantitative estimate of drug-likeness (QED) is 0.240. The van der Waals surface area contributed by atoms with Gasteiger partial charge in [0.05, 0.1) is 28.8 Å². The van der Waals surface area contributed by atoms with Crippen LogP contribution in [0.5, 0.6) is 0 Å². The summed E-state index contributed by atoms with van der Waals surface area (Å²) in [6.07, 6.45) is 3.20. The van der Waals surface area contributed by atoms with Gasteiger partial charge in [-0.1, -0.05) is 32.9 Å². The number of carbonyl (C=O) groups is 1. The predicted molar refractivity (Wildman–Crippen MR) is 172 cm³/mol. The number of amides is 1. The van der Waals surface area contributed by atoms with E-state index in [-0.39, 0.29) is 29.0 Å². The topological polar surface area (TPSA) is 111 Å². The highest BCUT2D eigenvalue weighted by molar-refractivity contribution is 5.92. The highest BCUT2D eigenvalue weighted by Crippen LogP contribution is 2.62. The molecule has 1 saturated heterocycles. The summed E-state index contributed by atoms with van der Waals surface area (Å²) in [5.41, 5.74) is 2.26. The first-order valence-electron chi connectivity index (χ1n) is 16.1. The van der Waals surface area contributed by atoms with Crippen LogP contribution in [0, 0.1) is 29.0 Å². The molecule has 4 atom stereocenters. The lowest BCUT2D eigenvalue weighted by molar-refractivity contribution is -0.929. The number of likely N-dealkylation sites (tertiary alicyclic amines) is 1. The van der Waals surface area contributed by atoms with Gasteiger partial charge >= 0.3 is 5.96 Å². The van der Waals surface area contributed by atoms with Crippen molar-refractivity contribution in [3.05, 3.63) is 70.5 Å². The SMILES string of the molecule is C[C@@H]1[C@@H](N=C(Nc2ccc3c(=O)n(CCc4ccc(F)cc4)cnc3c2)[N+]2(C(C)(C)C)CC(NC(=O)[O-])C2)C[C@H]2C[C@@H]1C2(C)C. The van der Waals surface area contributed by atoms with Crippen LogP contribution in [0.15, 0.2) is 58.6 Å². The molecule has 3 aromatic rings. The number of anilines is 1. The van der Waals surface area contributed by atoms with Gasteiger partial charge in [-0.05, 0) is 99.1 Å². The lowest BCUT2D eigenvalue weighted by Crippen LogP contribution is -2.80. The van der Waals surface area contributed by atoms with Gasteiger partial charge in [-0.3, -0.25) is 19.2 Å². The Morgan fingerprint density at radius 2 is 1.87 bits per heavy atom. The Balaban J connectivity index is 1.30. The van der Waals surface area contributed by atoms with Gasteiger partial charge in [-0.15, -0.1) is 0 Å². The molecule has 3 aliphatic carbocycles. The number of quaternary nitrogens is 1. The smallest absolute Gasteiger partial charge is 0.302 e. The van der Waals surface area contributed by atoms with E-state index in [0.717, 1.165) is 23.6 Å². The molecule has 7 rings (SSSR count). The predicted octanol–water partition coefficient (Wildman–Crippen LogP) is 4.55. The molecular weight excluding hydrogens is 571 g/mol. The van der Waals surface area contributed by atoms with Crippen LogP contribution in [-0.2, 0) is 13.0 Å². The van der Waals surface area contributed by atoms with Crippen molar-refractivity contribution >= 4 is 28.6 Å². The fourth-order valence-electron chi connectivity index (χ4n) is 8.12. The number of nitrogens with one attached hydrogen (secondary N) is 2. The maximum atomic E-state index is 13.3. The molecule has 0 unspecified atom stereocenters. The van der Waals surface area contributed by atoms with E-state index >= 15 is 0 Å². The number of rotatable bonds is 6. The van der Waals surface area contributed by atoms with Gasteiger partial charge in [0, 0.05) is 12.2 Å². The molecule has 2 heterocycles. The minimum Gasteiger partial charge on any atom is -0.530 e. The minimum atomic E-state index is -1.26. The molecule has 2 bridgehead atoms. The molecule has 240 valence electrons. The first-order valence-corrected chi connectivity index (χ1v) is 16.1. The summed E-state index contributed by atoms with van der Waals surface area (Å²) in [6, 6.07) is 11.8. The van der Waals surface area contributed by atoms with Crippen LogP contribution in [0.25, 0.3) is 10.9 Å². The molecule has 1 aromatic heterocycles. The Labute approximate surface area is 264 Å². The summed E-state index contributed by atoms with van der Waals surface area (Å²) in [7, 11) is 0. The van der Waals surface area contributed by atoms with Gasteiger partial charge in [-0.25, -0.2) is 14.4 Å². The number of hydrogen-bond acceptors (Lipinski definition) is 5. The van der Waals surface area contributed by atoms with Gasteiger partial charge < -0.3 is 15.2 Å². The summed E-state index contributed by atoms with van der Waals surface area (Å²) < 4.78 is 15.4. The zero-order chi connectivity index (χ0) is 32.3. The Morgan fingerprint density at radius 3 is 2.49 bits per heavy atom. The van der Waals surface area contributed by atoms with E-state index < -0.39 is 6.09 Å². The molecule has 4 aliphatic rings. The molecule has 9 nitrogen and oxygen atoms in total. The fourth-order valence-corrected chi connectivity index (χ4v) is 8.12. The van der Waals surface area contributed by atoms with Crippen molar-refractivity contribution in [2.45, 2.75) is 85.0 Å². The number of benzene rings is 2. The van der Waals surface area contributed by atoms with Crippen LogP contribution in [0.1, 0.15) is 59.9 Å². The highest BCUT2D eigenvalue weighted by atomic mass is 19.1. The third-order valence-electron chi connectivity index (χ3n) is 11.3. The first-order chi connectivity index (χ1) is 21.2. The summed E-state index contributed by atoms with van der Waals surface area (Å²) in [6.45, 7) is 15.2. The number of hydrogen-bond donors (Lipinski definition) is 2. The van der Waals surface area contributed by atoms with Crippen molar-refractivity contribution in [2.24, 2.45) is 28.2 Å². The van der Waals surface area contributed by atoms with Gasteiger partial charge in [0.2, 0.25) is 0 Å². The van der Waals surface area contributed by atoms with Crippen LogP contribution in [0.4, 0.5) is 14.9 Å². The third-order valence-corrected chi connectivity index (χ3v) is 11.3. The number of fused-ring (bicyclic) bond motifs is 3. The maximum absolute atomic E-state index is 13.3. The van der Waals surface area contributed by atoms with Crippen molar-refractivity contribution in [2.75, 3.05) is 18.4 Å². The highest BCUT2D eigenvalue weighted by Gasteiger charge is 2.59. The number of carboxylic acid groups (broad SMARTS) is 1. The van der Waals surface area contributed by atoms with Crippen LogP contribution >= 0.6 is 0 Å². The third kappa shape index (κ3) is 5.62. The molecule has 45 heavy (non-hydrogen) atoms. The Morgan fingerprint density at radius 1 is 1.16 bits per heavy atom. The van der Waals surface area contributed by atoms with Crippen LogP contribution in [0.3, 0.4) is 0 Å². The van der Waals surface area contributed by atoms with E-state index in [1.54, 1.807) is 29.1 Å². The lowest BCUT2D eigenvalue weighted by atomic mass is 9.45. The average Bonchev–Trinajstić information content (AvgIpc) is 2.94. The molecule has 0 radical (unpaired) electrons. The number of carbonyl (C=O) groups excluding carboxylic acids is 1. The Kier molecular flexibility index (Phi) is 7.78. The van der Waals surface area contributed by atoms with Gasteiger partial charge in [0.25, 0.3) is 5.56 Å². The number of halogens is 1. The van der Waals surface area contributed by atoms with E-state index in [9.17, 15) is 19.1 Å². The number of guanidine groups is 1. The number of nitrogens with zero attached hydrogens (tertiary/aromatic N) is 4. The van der Waals surface area contributed by atoms with Gasteiger partial charge in [0.1, 0.15) is 31.0 Å². The Bertz CT molecular complexity index is 1690. The van der Waals surface area contributed by atoms with Crippen molar-refractivity contribution in [3.8, 4) is 0 Å². The fraction of sp³-hybridized carbons (Fsp3) is 0.543. The second-order valence-electron chi connectivity index (χ2n) is 15.1. The van der Waals surface area contributed by atoms with Crippen molar-refractivity contribution in [3.63, 3.8) is 0 Å². The monoisotopic (exact) mass is 616 g/mol. The zero-order valence-corrected chi connectivity index (χ0v) is 27.1. The summed E-state index contributed by atoms with van der Waals surface area (Å²) in [5.74, 6) is 2.26. The van der Waals surface area contributed by atoms with Gasteiger partial charge in [0.15, 0.2) is 0 Å². The van der Waals surface area contributed by atoms with E-state index in [1.165, 1.54) is 18.6 Å². The maximum Gasteiger partial charge on any atom is 0.302 e. The molecule has 1 aliphatic heterocycles. The van der Waals surface area contributed by atoms with Crippen LogP contribution < -0.4 is 21.3 Å². The van der Waals surface area contributed by atoms with Crippen LogP contribution in [-0.4, -0.2) is 56.8 Å². The summed E-state index contributed by atoms with van der Waals surface area (Å²) in [5, 5.41) is 18.1. The van der Waals surface area contributed by atoms with Crippen molar-refractivity contribution < 1.29 is 18.8 Å². The standard InChI is InChI=1S/C35H45FN6O3/c1-21-28-15-23(35(28,5)6)16-29(21)40-32(42(34(2,3)4)18-26(19-42)39-33(44)45)38-25-11-12-27-30(17-25)37-20-41(31(27)43)14-13-22-7-9-24(36)10-8-22/h7-12,17,20-21,23,26,28-29,39H,13-16,18-19H2,1-6H3,(H-,38,40,43,44,45)/t21-,23+,26?,28-,29-,42?/m0/s1. The zero-order valence-electron chi connectivity index (χ0n) is 27.1. The second kappa shape index (κ2) is 11.2. The minimum absolute atomic E-state index is 0.127. The molecule has 4 fully saturated rings. The van der Waals surface area contributed by atoms with E-state index in [0.29, 0.717) is 64.6 Å². The molecule has 2 N–H and O–H groups in total. The largest absolute Gasteiger partial charge is 0.530 e. The van der Waals surface area contributed by atoms with E-state index in [1.807, 2.05) is 12.1 Å². The molecular formula is C35H45FN6O3. The normalized spacial score (nSPS) is 29.0. The molecule has 10 heteroatoms. The van der Waals surface area contributed by atoms with Crippen molar-refractivity contribution in [1.82, 2.24) is 14.9 Å². The molecule has 0 spiro atoms. The molecule has 1 amide bonds. The first kappa shape index (κ1) is 31.2. The summed E-state index contributed by atoms with van der Waals surface area (Å²) >= 11 is 0. The average molecular weight is 617 g/mol. The Hall–Kier alpha value is -3.79. The lowest BCUT2D eigenvalue weighted by Gasteiger charge is -2.62. The number of aryl methyl sites for hydroxylation is 2. The number of aliphatic imine (C=N–C) groups is 1. The number of aromatic nitrogens is 2.